The maximum absolute atomic E-state index is 13.2. The van der Waals surface area contributed by atoms with Gasteiger partial charge in [-0.05, 0) is 59.7 Å². The second-order valence-corrected chi connectivity index (χ2v) is 7.19. The highest BCUT2D eigenvalue weighted by Gasteiger charge is 2.52. The second kappa shape index (κ2) is 8.08. The van der Waals surface area contributed by atoms with Crippen LogP contribution in [-0.4, -0.2) is 30.3 Å². The van der Waals surface area contributed by atoms with Crippen molar-refractivity contribution in [2.75, 3.05) is 19.1 Å². The summed E-state index contributed by atoms with van der Waals surface area (Å²) in [7, 11) is 3.19. The fourth-order valence-corrected chi connectivity index (χ4v) is 3.89. The molecule has 2 N–H and O–H groups in total. The number of β-lactam (4-membered cyclic amide) rings is 1. The Kier molecular flexibility index (Phi) is 5.33. The van der Waals surface area contributed by atoms with Crippen LogP contribution in [0.2, 0.25) is 0 Å². The predicted octanol–water partition coefficient (Wildman–Crippen LogP) is 3.85. The summed E-state index contributed by atoms with van der Waals surface area (Å²) in [5, 5.41) is 20.5. The largest absolute Gasteiger partial charge is 0.508 e. The number of hydrogen-bond donors (Lipinski definition) is 2. The molecule has 0 saturated carbocycles. The Balaban J connectivity index is 1.71. The Bertz CT molecular complexity index is 1010. The number of aliphatic hydroxyl groups excluding tert-OH is 1. The van der Waals surface area contributed by atoms with E-state index in [0.29, 0.717) is 11.3 Å². The molecule has 6 nitrogen and oxygen atoms in total. The third kappa shape index (κ3) is 3.46. The maximum atomic E-state index is 13.2. The number of carbonyl (C=O) groups excluding carboxylic acids is 1. The monoisotopic (exact) mass is 405 g/mol. The molecule has 6 heteroatoms. The number of nitrogens with zero attached hydrogens (tertiary/aromatic N) is 1. The van der Waals surface area contributed by atoms with E-state index < -0.39 is 12.0 Å². The molecule has 3 aromatic carbocycles. The molecule has 1 heterocycles. The molecule has 1 aliphatic rings. The van der Waals surface area contributed by atoms with Crippen LogP contribution in [-0.2, 0) is 4.79 Å². The molecule has 1 amide bonds. The first-order valence-corrected chi connectivity index (χ1v) is 9.61. The van der Waals surface area contributed by atoms with Gasteiger partial charge in [-0.25, -0.2) is 0 Å². The lowest BCUT2D eigenvalue weighted by atomic mass is 9.76. The Morgan fingerprint density at radius 1 is 0.833 bits per heavy atom. The minimum atomic E-state index is -1.00. The molecular formula is C24H23NO5. The number of ether oxygens (including phenoxy) is 2. The zero-order valence-corrected chi connectivity index (χ0v) is 16.7. The van der Waals surface area contributed by atoms with Gasteiger partial charge in [-0.3, -0.25) is 4.79 Å². The summed E-state index contributed by atoms with van der Waals surface area (Å²) < 4.78 is 10.5. The van der Waals surface area contributed by atoms with Crippen LogP contribution in [0.5, 0.6) is 17.2 Å². The topological polar surface area (TPSA) is 79.2 Å². The fourth-order valence-electron chi connectivity index (χ4n) is 3.89. The lowest BCUT2D eigenvalue weighted by Gasteiger charge is -2.49. The number of amides is 1. The van der Waals surface area contributed by atoms with Crippen LogP contribution < -0.4 is 14.4 Å². The van der Waals surface area contributed by atoms with E-state index in [9.17, 15) is 15.0 Å². The van der Waals surface area contributed by atoms with Crippen molar-refractivity contribution in [3.8, 4) is 17.2 Å². The molecule has 1 aliphatic heterocycles. The first-order chi connectivity index (χ1) is 14.5. The number of rotatable bonds is 6. The summed E-state index contributed by atoms with van der Waals surface area (Å²) >= 11 is 0. The number of aromatic hydroxyl groups is 1. The summed E-state index contributed by atoms with van der Waals surface area (Å²) in [5.74, 6) is 0.716. The molecule has 3 atom stereocenters. The SMILES string of the molecule is COc1ccc([C@H]2[C@H](C(O)c3ccc(O)cc3)C(=O)N2c2ccc(OC)cc2)cc1. The van der Waals surface area contributed by atoms with Crippen LogP contribution in [0.4, 0.5) is 5.69 Å². The second-order valence-electron chi connectivity index (χ2n) is 7.19. The van der Waals surface area contributed by atoms with E-state index in [-0.39, 0.29) is 17.7 Å². The number of anilines is 1. The summed E-state index contributed by atoms with van der Waals surface area (Å²) in [6.45, 7) is 0. The van der Waals surface area contributed by atoms with Gasteiger partial charge in [0.2, 0.25) is 5.91 Å². The zero-order valence-electron chi connectivity index (χ0n) is 16.7. The molecule has 0 bridgehead atoms. The molecule has 1 fully saturated rings. The summed E-state index contributed by atoms with van der Waals surface area (Å²) in [6.07, 6.45) is -1.00. The smallest absolute Gasteiger partial charge is 0.236 e. The summed E-state index contributed by atoms with van der Waals surface area (Å²) in [5.41, 5.74) is 2.21. The average Bonchev–Trinajstić information content (AvgIpc) is 2.78. The van der Waals surface area contributed by atoms with E-state index >= 15 is 0 Å². The number of benzene rings is 3. The van der Waals surface area contributed by atoms with Crippen LogP contribution in [0.25, 0.3) is 0 Å². The Morgan fingerprint density at radius 3 is 1.90 bits per heavy atom. The molecule has 0 radical (unpaired) electrons. The predicted molar refractivity (Wildman–Crippen MR) is 113 cm³/mol. The van der Waals surface area contributed by atoms with E-state index in [1.807, 2.05) is 36.4 Å². The molecule has 0 aromatic heterocycles. The molecular weight excluding hydrogens is 382 g/mol. The number of phenolic OH excluding ortho intramolecular Hbond substituents is 1. The first-order valence-electron chi connectivity index (χ1n) is 9.61. The van der Waals surface area contributed by atoms with Crippen LogP contribution in [0, 0.1) is 5.92 Å². The average molecular weight is 405 g/mol. The van der Waals surface area contributed by atoms with Gasteiger partial charge < -0.3 is 24.6 Å². The fraction of sp³-hybridized carbons (Fsp3) is 0.208. The highest BCUT2D eigenvalue weighted by Crippen LogP contribution is 2.49. The van der Waals surface area contributed by atoms with Gasteiger partial charge in [-0.2, -0.15) is 0 Å². The quantitative estimate of drug-likeness (QED) is 0.609. The van der Waals surface area contributed by atoms with Gasteiger partial charge in [0, 0.05) is 5.69 Å². The zero-order chi connectivity index (χ0) is 21.3. The Labute approximate surface area is 174 Å². The summed E-state index contributed by atoms with van der Waals surface area (Å²) in [6, 6.07) is 20.7. The third-order valence-corrected chi connectivity index (χ3v) is 5.52. The van der Waals surface area contributed by atoms with Crippen LogP contribution in [0.1, 0.15) is 23.3 Å². The van der Waals surface area contributed by atoms with Crippen molar-refractivity contribution >= 4 is 11.6 Å². The highest BCUT2D eigenvalue weighted by atomic mass is 16.5. The minimum Gasteiger partial charge on any atom is -0.508 e. The van der Waals surface area contributed by atoms with Crippen molar-refractivity contribution < 1.29 is 24.5 Å². The normalized spacial score (nSPS) is 19.2. The van der Waals surface area contributed by atoms with Gasteiger partial charge in [0.05, 0.1) is 32.3 Å². The molecule has 3 aromatic rings. The van der Waals surface area contributed by atoms with Crippen LogP contribution in [0.3, 0.4) is 0 Å². The summed E-state index contributed by atoms with van der Waals surface area (Å²) in [4.78, 5) is 14.9. The first kappa shape index (κ1) is 19.8. The van der Waals surface area contributed by atoms with Gasteiger partial charge in [-0.1, -0.05) is 24.3 Å². The Morgan fingerprint density at radius 2 is 1.37 bits per heavy atom. The van der Waals surface area contributed by atoms with Crippen molar-refractivity contribution in [3.05, 3.63) is 83.9 Å². The van der Waals surface area contributed by atoms with E-state index in [1.165, 1.54) is 12.1 Å². The molecule has 154 valence electrons. The van der Waals surface area contributed by atoms with Crippen molar-refractivity contribution in [2.24, 2.45) is 5.92 Å². The number of hydrogen-bond acceptors (Lipinski definition) is 5. The van der Waals surface area contributed by atoms with Crippen molar-refractivity contribution in [1.82, 2.24) is 0 Å². The standard InChI is InChI=1S/C24H23NO5/c1-29-19-11-5-15(6-12-19)22-21(23(27)16-3-9-18(26)10-4-16)24(28)25(22)17-7-13-20(30-2)14-8-17/h3-14,21-23,26-27H,1-2H3/t21-,22+,23?/m1/s1. The van der Waals surface area contributed by atoms with Gasteiger partial charge in [0.25, 0.3) is 0 Å². The molecule has 4 rings (SSSR count). The molecule has 1 unspecified atom stereocenters. The molecule has 0 aliphatic carbocycles. The number of phenols is 1. The van der Waals surface area contributed by atoms with Gasteiger partial charge in [0.15, 0.2) is 0 Å². The highest BCUT2D eigenvalue weighted by molar-refractivity contribution is 6.03. The van der Waals surface area contributed by atoms with Crippen LogP contribution >= 0.6 is 0 Å². The van der Waals surface area contributed by atoms with Crippen LogP contribution in [0.15, 0.2) is 72.8 Å². The number of methoxy groups -OCH3 is 2. The maximum Gasteiger partial charge on any atom is 0.236 e. The molecule has 1 saturated heterocycles. The number of carbonyl (C=O) groups is 1. The van der Waals surface area contributed by atoms with Gasteiger partial charge in [0.1, 0.15) is 17.2 Å². The van der Waals surface area contributed by atoms with E-state index in [1.54, 1.807) is 43.4 Å². The Hall–Kier alpha value is -3.51. The van der Waals surface area contributed by atoms with Gasteiger partial charge in [-0.15, -0.1) is 0 Å². The van der Waals surface area contributed by atoms with Crippen molar-refractivity contribution in [1.29, 1.82) is 0 Å². The lowest BCUT2D eigenvalue weighted by molar-refractivity contribution is -0.136. The van der Waals surface area contributed by atoms with Crippen molar-refractivity contribution in [2.45, 2.75) is 12.1 Å². The lowest BCUT2D eigenvalue weighted by Crippen LogP contribution is -2.57. The van der Waals surface area contributed by atoms with E-state index in [4.69, 9.17) is 9.47 Å². The van der Waals surface area contributed by atoms with Crippen molar-refractivity contribution in [3.63, 3.8) is 0 Å². The molecule has 0 spiro atoms. The molecule has 30 heavy (non-hydrogen) atoms. The van der Waals surface area contributed by atoms with E-state index in [2.05, 4.69) is 0 Å². The van der Waals surface area contributed by atoms with E-state index in [0.717, 1.165) is 17.0 Å². The minimum absolute atomic E-state index is 0.109. The van der Waals surface area contributed by atoms with Gasteiger partial charge >= 0.3 is 0 Å². The third-order valence-electron chi connectivity index (χ3n) is 5.52. The number of aliphatic hydroxyl groups is 1.